The number of aliphatic hydroxyl groups is 3. The number of hydrogen-bond donors (Lipinski definition) is 3. The van der Waals surface area contributed by atoms with Crippen molar-refractivity contribution in [3.8, 4) is 0 Å². The molecule has 0 radical (unpaired) electrons. The summed E-state index contributed by atoms with van der Waals surface area (Å²) < 4.78 is 0. The highest BCUT2D eigenvalue weighted by molar-refractivity contribution is 4.68. The second-order valence-corrected chi connectivity index (χ2v) is 2.48. The van der Waals surface area contributed by atoms with E-state index in [0.717, 1.165) is 0 Å². The van der Waals surface area contributed by atoms with Crippen LogP contribution in [0.4, 0.5) is 0 Å². The van der Waals surface area contributed by atoms with E-state index in [1.807, 2.05) is 0 Å². The average Bonchev–Trinajstić information content (AvgIpc) is 1.84. The first-order valence-corrected chi connectivity index (χ1v) is 3.06. The van der Waals surface area contributed by atoms with Gasteiger partial charge in [-0.05, 0) is 5.92 Å². The smallest absolute Gasteiger partial charge is 0.103 e. The second-order valence-electron chi connectivity index (χ2n) is 2.48. The van der Waals surface area contributed by atoms with Crippen molar-refractivity contribution in [3.63, 3.8) is 0 Å². The highest BCUT2D eigenvalue weighted by Gasteiger charge is 2.17. The third-order valence-electron chi connectivity index (χ3n) is 1.26. The van der Waals surface area contributed by atoms with Gasteiger partial charge < -0.3 is 15.3 Å². The quantitative estimate of drug-likeness (QED) is 0.481. The zero-order valence-electron chi connectivity index (χ0n) is 5.78. The van der Waals surface area contributed by atoms with Gasteiger partial charge in [0.2, 0.25) is 0 Å². The summed E-state index contributed by atoms with van der Waals surface area (Å²) in [7, 11) is 0. The Bertz CT molecular complexity index is 72.7. The SMILES string of the molecule is CC(C)C(O)[C@@H](O)CO. The molecular weight excluding hydrogens is 120 g/mol. The van der Waals surface area contributed by atoms with Crippen molar-refractivity contribution in [1.82, 2.24) is 0 Å². The van der Waals surface area contributed by atoms with E-state index in [2.05, 4.69) is 0 Å². The molecule has 0 rings (SSSR count). The first-order chi connectivity index (χ1) is 4.09. The van der Waals surface area contributed by atoms with Gasteiger partial charge in [0.15, 0.2) is 0 Å². The lowest BCUT2D eigenvalue weighted by molar-refractivity contribution is -0.0356. The molecule has 3 nitrogen and oxygen atoms in total. The van der Waals surface area contributed by atoms with Crippen LogP contribution in [0.1, 0.15) is 13.8 Å². The summed E-state index contributed by atoms with van der Waals surface area (Å²) in [5, 5.41) is 26.1. The van der Waals surface area contributed by atoms with E-state index < -0.39 is 12.2 Å². The molecule has 3 heteroatoms. The molecule has 0 bridgehead atoms. The fraction of sp³-hybridized carbons (Fsp3) is 1.00. The van der Waals surface area contributed by atoms with E-state index in [4.69, 9.17) is 15.3 Å². The van der Waals surface area contributed by atoms with E-state index in [-0.39, 0.29) is 12.5 Å². The third-order valence-corrected chi connectivity index (χ3v) is 1.26. The lowest BCUT2D eigenvalue weighted by atomic mass is 10.0. The maximum Gasteiger partial charge on any atom is 0.103 e. The lowest BCUT2D eigenvalue weighted by Crippen LogP contribution is -2.33. The van der Waals surface area contributed by atoms with Crippen molar-refractivity contribution in [2.75, 3.05) is 6.61 Å². The van der Waals surface area contributed by atoms with Crippen LogP contribution < -0.4 is 0 Å². The molecule has 2 atom stereocenters. The summed E-state index contributed by atoms with van der Waals surface area (Å²) in [4.78, 5) is 0. The Morgan fingerprint density at radius 3 is 1.78 bits per heavy atom. The van der Waals surface area contributed by atoms with Crippen LogP contribution in [-0.2, 0) is 0 Å². The molecule has 0 heterocycles. The molecule has 0 fully saturated rings. The predicted octanol–water partition coefficient (Wildman–Crippen LogP) is -0.643. The van der Waals surface area contributed by atoms with Gasteiger partial charge in [-0.2, -0.15) is 0 Å². The lowest BCUT2D eigenvalue weighted by Gasteiger charge is -2.18. The molecule has 0 spiro atoms. The monoisotopic (exact) mass is 134 g/mol. The number of rotatable bonds is 3. The highest BCUT2D eigenvalue weighted by Crippen LogP contribution is 2.04. The van der Waals surface area contributed by atoms with E-state index in [0.29, 0.717) is 0 Å². The summed E-state index contributed by atoms with van der Waals surface area (Å²) in [5.41, 5.74) is 0. The van der Waals surface area contributed by atoms with Crippen LogP contribution in [-0.4, -0.2) is 34.1 Å². The Kier molecular flexibility index (Phi) is 3.77. The fourth-order valence-corrected chi connectivity index (χ4v) is 0.552. The first kappa shape index (κ1) is 8.88. The van der Waals surface area contributed by atoms with E-state index in [1.165, 1.54) is 0 Å². The molecule has 56 valence electrons. The summed E-state index contributed by atoms with van der Waals surface area (Å²) in [6.45, 7) is 3.19. The van der Waals surface area contributed by atoms with Crippen molar-refractivity contribution < 1.29 is 15.3 Å². The van der Waals surface area contributed by atoms with E-state index >= 15 is 0 Å². The average molecular weight is 134 g/mol. The molecule has 0 aromatic rings. The van der Waals surface area contributed by atoms with Crippen molar-refractivity contribution in [2.45, 2.75) is 26.1 Å². The number of hydrogen-bond acceptors (Lipinski definition) is 3. The zero-order chi connectivity index (χ0) is 7.44. The molecule has 3 N–H and O–H groups in total. The molecule has 0 aliphatic heterocycles. The van der Waals surface area contributed by atoms with Gasteiger partial charge in [-0.1, -0.05) is 13.8 Å². The van der Waals surface area contributed by atoms with E-state index in [1.54, 1.807) is 13.8 Å². The van der Waals surface area contributed by atoms with E-state index in [9.17, 15) is 0 Å². The Labute approximate surface area is 54.9 Å². The van der Waals surface area contributed by atoms with Crippen LogP contribution in [0.5, 0.6) is 0 Å². The molecule has 0 aromatic carbocycles. The maximum atomic E-state index is 8.98. The van der Waals surface area contributed by atoms with Crippen LogP contribution in [0, 0.1) is 5.92 Å². The predicted molar refractivity (Wildman–Crippen MR) is 33.9 cm³/mol. The van der Waals surface area contributed by atoms with Crippen molar-refractivity contribution in [2.24, 2.45) is 5.92 Å². The molecule has 9 heavy (non-hydrogen) atoms. The minimum Gasteiger partial charge on any atom is -0.394 e. The summed E-state index contributed by atoms with van der Waals surface area (Å²) in [5.74, 6) is -0.00727. The Morgan fingerprint density at radius 2 is 1.67 bits per heavy atom. The van der Waals surface area contributed by atoms with Gasteiger partial charge in [-0.3, -0.25) is 0 Å². The van der Waals surface area contributed by atoms with Gasteiger partial charge in [-0.15, -0.1) is 0 Å². The van der Waals surface area contributed by atoms with Gasteiger partial charge in [-0.25, -0.2) is 0 Å². The van der Waals surface area contributed by atoms with Crippen molar-refractivity contribution in [3.05, 3.63) is 0 Å². The topological polar surface area (TPSA) is 60.7 Å². The Morgan fingerprint density at radius 1 is 1.22 bits per heavy atom. The minimum absolute atomic E-state index is 0.00727. The summed E-state index contributed by atoms with van der Waals surface area (Å²) in [6, 6.07) is 0. The Hall–Kier alpha value is -0.120. The minimum atomic E-state index is -0.995. The molecule has 0 amide bonds. The van der Waals surface area contributed by atoms with Gasteiger partial charge in [0, 0.05) is 0 Å². The highest BCUT2D eigenvalue weighted by atomic mass is 16.4. The van der Waals surface area contributed by atoms with Gasteiger partial charge >= 0.3 is 0 Å². The maximum absolute atomic E-state index is 8.98. The normalized spacial score (nSPS) is 18.0. The standard InChI is InChI=1S/C6H14O3/c1-4(2)6(9)5(8)3-7/h4-9H,3H2,1-2H3/t5-,6?/m0/s1. The van der Waals surface area contributed by atoms with Gasteiger partial charge in [0.1, 0.15) is 6.10 Å². The van der Waals surface area contributed by atoms with Crippen LogP contribution in [0.2, 0.25) is 0 Å². The molecule has 0 aliphatic rings. The molecular formula is C6H14O3. The first-order valence-electron chi connectivity index (χ1n) is 3.06. The van der Waals surface area contributed by atoms with Gasteiger partial charge in [0.25, 0.3) is 0 Å². The van der Waals surface area contributed by atoms with Gasteiger partial charge in [0.05, 0.1) is 12.7 Å². The van der Waals surface area contributed by atoms with Crippen LogP contribution >= 0.6 is 0 Å². The number of aliphatic hydroxyl groups excluding tert-OH is 3. The summed E-state index contributed by atoms with van der Waals surface area (Å²) >= 11 is 0. The largest absolute Gasteiger partial charge is 0.394 e. The third kappa shape index (κ3) is 2.79. The molecule has 0 saturated carbocycles. The van der Waals surface area contributed by atoms with Crippen LogP contribution in [0.3, 0.4) is 0 Å². The van der Waals surface area contributed by atoms with Crippen LogP contribution in [0.15, 0.2) is 0 Å². The zero-order valence-corrected chi connectivity index (χ0v) is 5.78. The molecule has 0 aliphatic carbocycles. The molecule has 0 aromatic heterocycles. The molecule has 0 saturated heterocycles. The molecule has 1 unspecified atom stereocenters. The Balaban J connectivity index is 3.58. The summed E-state index contributed by atoms with van der Waals surface area (Å²) in [6.07, 6.45) is -1.81. The van der Waals surface area contributed by atoms with Crippen molar-refractivity contribution in [1.29, 1.82) is 0 Å². The van der Waals surface area contributed by atoms with Crippen molar-refractivity contribution >= 4 is 0 Å². The fourth-order valence-electron chi connectivity index (χ4n) is 0.552. The van der Waals surface area contributed by atoms with Crippen LogP contribution in [0.25, 0.3) is 0 Å². The second kappa shape index (κ2) is 3.82.